The molecule has 7 heteroatoms. The highest BCUT2D eigenvalue weighted by Crippen LogP contribution is 2.53. The number of ether oxygens (including phenoxy) is 1. The number of nitro groups is 1. The molecule has 1 aliphatic heterocycles. The molecule has 0 saturated carbocycles. The van der Waals surface area contributed by atoms with Crippen LogP contribution in [0.4, 0.5) is 0 Å². The summed E-state index contributed by atoms with van der Waals surface area (Å²) in [6.07, 6.45) is -0.657. The average molecular weight is 380 g/mol. The molecule has 1 aliphatic rings. The van der Waals surface area contributed by atoms with Crippen molar-refractivity contribution in [1.82, 2.24) is 0 Å². The molecule has 3 atom stereocenters. The van der Waals surface area contributed by atoms with Crippen LogP contribution < -0.4 is 4.74 Å². The Bertz CT molecular complexity index is 842. The minimum atomic E-state index is -2.30. The second-order valence-corrected chi connectivity index (χ2v) is 6.75. The number of aliphatic hydroxyl groups excluding tert-OH is 1. The van der Waals surface area contributed by atoms with Gasteiger partial charge in [0, 0.05) is 16.1 Å². The normalized spacial score (nSPS) is 24.9. The summed E-state index contributed by atoms with van der Waals surface area (Å²) in [4.78, 5) is 8.75. The molecule has 2 aromatic rings. The van der Waals surface area contributed by atoms with E-state index in [1.165, 1.54) is 0 Å². The Hall–Kier alpha value is -2.08. The standard InChI is InChI=1S/C18H15Cl2NO4/c1-2-6-11-7-5-9-13-15(11)25-17(12-8-3-4-10-14(12)19)18(20,16(13)22)21(23)24/h2-5,7-10,16-17,22H,1,6H2/t16-,17-,18+/m0/s1. The third-order valence-electron chi connectivity index (χ3n) is 4.24. The Balaban J connectivity index is 2.23. The maximum Gasteiger partial charge on any atom is 0.364 e. The van der Waals surface area contributed by atoms with Crippen molar-refractivity contribution in [2.24, 2.45) is 0 Å². The maximum atomic E-state index is 11.8. The zero-order valence-corrected chi connectivity index (χ0v) is 14.6. The predicted octanol–water partition coefficient (Wildman–Crippen LogP) is 4.45. The Morgan fingerprint density at radius 1 is 1.28 bits per heavy atom. The summed E-state index contributed by atoms with van der Waals surface area (Å²) < 4.78 is 5.96. The predicted molar refractivity (Wildman–Crippen MR) is 95.7 cm³/mol. The highest BCUT2D eigenvalue weighted by molar-refractivity contribution is 6.31. The third kappa shape index (κ3) is 2.78. The molecule has 0 spiro atoms. The van der Waals surface area contributed by atoms with E-state index in [9.17, 15) is 15.2 Å². The molecular weight excluding hydrogens is 365 g/mol. The van der Waals surface area contributed by atoms with Crippen molar-refractivity contribution in [2.75, 3.05) is 0 Å². The fourth-order valence-corrected chi connectivity index (χ4v) is 3.52. The lowest BCUT2D eigenvalue weighted by atomic mass is 9.88. The van der Waals surface area contributed by atoms with Crippen LogP contribution in [-0.2, 0) is 6.42 Å². The Kier molecular flexibility index (Phi) is 4.73. The molecule has 25 heavy (non-hydrogen) atoms. The van der Waals surface area contributed by atoms with Gasteiger partial charge >= 0.3 is 5.00 Å². The van der Waals surface area contributed by atoms with Gasteiger partial charge in [0.25, 0.3) is 0 Å². The quantitative estimate of drug-likeness (QED) is 0.280. The lowest BCUT2D eigenvalue weighted by molar-refractivity contribution is -0.570. The van der Waals surface area contributed by atoms with E-state index in [-0.39, 0.29) is 10.6 Å². The van der Waals surface area contributed by atoms with E-state index in [1.54, 1.807) is 42.5 Å². The van der Waals surface area contributed by atoms with Crippen molar-refractivity contribution >= 4 is 23.2 Å². The number of fused-ring (bicyclic) bond motifs is 1. The van der Waals surface area contributed by atoms with E-state index < -0.39 is 22.1 Å². The molecule has 0 unspecified atom stereocenters. The molecule has 0 saturated heterocycles. The summed E-state index contributed by atoms with van der Waals surface area (Å²) in [5.41, 5.74) is 1.37. The van der Waals surface area contributed by atoms with E-state index in [2.05, 4.69) is 6.58 Å². The lowest BCUT2D eigenvalue weighted by Gasteiger charge is -2.38. The molecule has 1 N–H and O–H groups in total. The molecule has 3 rings (SSSR count). The van der Waals surface area contributed by atoms with Crippen LogP contribution in [0, 0.1) is 10.1 Å². The van der Waals surface area contributed by atoms with Gasteiger partial charge in [-0.3, -0.25) is 10.1 Å². The fourth-order valence-electron chi connectivity index (χ4n) is 3.01. The first-order valence-electron chi connectivity index (χ1n) is 7.56. The van der Waals surface area contributed by atoms with Gasteiger partial charge in [0.15, 0.2) is 6.10 Å². The second kappa shape index (κ2) is 6.67. The van der Waals surface area contributed by atoms with Gasteiger partial charge in [-0.25, -0.2) is 0 Å². The molecule has 0 aliphatic carbocycles. The van der Waals surface area contributed by atoms with E-state index in [4.69, 9.17) is 27.9 Å². The van der Waals surface area contributed by atoms with E-state index in [0.717, 1.165) is 5.56 Å². The van der Waals surface area contributed by atoms with Crippen molar-refractivity contribution in [1.29, 1.82) is 0 Å². The Morgan fingerprint density at radius 2 is 1.96 bits per heavy atom. The first-order chi connectivity index (χ1) is 11.9. The smallest absolute Gasteiger partial charge is 0.364 e. The van der Waals surface area contributed by atoms with Gasteiger partial charge in [0.2, 0.25) is 6.10 Å². The van der Waals surface area contributed by atoms with Crippen LogP contribution in [0.2, 0.25) is 5.02 Å². The summed E-state index contributed by atoms with van der Waals surface area (Å²) in [5, 5.41) is 22.8. The van der Waals surface area contributed by atoms with Gasteiger partial charge in [0.05, 0.1) is 4.92 Å². The lowest BCUT2D eigenvalue weighted by Crippen LogP contribution is -2.49. The second-order valence-electron chi connectivity index (χ2n) is 5.73. The SMILES string of the molecule is C=CCc1cccc2c1O[C@@H](c1ccccc1Cl)[C@](Cl)([N+](=O)[O-])[C@H]2O. The number of para-hydroxylation sites is 1. The third-order valence-corrected chi connectivity index (χ3v) is 5.13. The number of alkyl halides is 1. The average Bonchev–Trinajstić information content (AvgIpc) is 2.59. The van der Waals surface area contributed by atoms with Gasteiger partial charge in [-0.2, -0.15) is 0 Å². The number of rotatable bonds is 4. The molecular formula is C18H15Cl2NO4. The van der Waals surface area contributed by atoms with Crippen LogP contribution >= 0.6 is 23.2 Å². The fraction of sp³-hybridized carbons (Fsp3) is 0.222. The molecule has 0 fully saturated rings. The van der Waals surface area contributed by atoms with Crippen LogP contribution in [-0.4, -0.2) is 15.0 Å². The number of aliphatic hydroxyl groups is 1. The van der Waals surface area contributed by atoms with Crippen LogP contribution in [0.3, 0.4) is 0 Å². The van der Waals surface area contributed by atoms with Crippen molar-refractivity contribution < 1.29 is 14.8 Å². The number of allylic oxidation sites excluding steroid dienone is 1. The molecule has 1 heterocycles. The van der Waals surface area contributed by atoms with Crippen LogP contribution in [0.1, 0.15) is 28.9 Å². The molecule has 5 nitrogen and oxygen atoms in total. The van der Waals surface area contributed by atoms with Crippen LogP contribution in [0.15, 0.2) is 55.1 Å². The van der Waals surface area contributed by atoms with Crippen molar-refractivity contribution in [2.45, 2.75) is 23.6 Å². The summed E-state index contributed by atoms with van der Waals surface area (Å²) in [6.45, 7) is 3.70. The summed E-state index contributed by atoms with van der Waals surface area (Å²) in [7, 11) is 0. The van der Waals surface area contributed by atoms with Crippen molar-refractivity contribution in [3.05, 3.63) is 86.9 Å². The number of hydrogen-bond acceptors (Lipinski definition) is 4. The topological polar surface area (TPSA) is 72.6 Å². The molecule has 0 radical (unpaired) electrons. The number of nitrogens with zero attached hydrogens (tertiary/aromatic N) is 1. The maximum absolute atomic E-state index is 11.8. The first kappa shape index (κ1) is 17.7. The zero-order chi connectivity index (χ0) is 18.2. The van der Waals surface area contributed by atoms with Gasteiger partial charge in [-0.15, -0.1) is 6.58 Å². The van der Waals surface area contributed by atoms with Crippen LogP contribution in [0.5, 0.6) is 5.75 Å². The van der Waals surface area contributed by atoms with Crippen molar-refractivity contribution in [3.8, 4) is 5.75 Å². The highest BCUT2D eigenvalue weighted by Gasteiger charge is 2.62. The first-order valence-corrected chi connectivity index (χ1v) is 8.32. The summed E-state index contributed by atoms with van der Waals surface area (Å²) in [6, 6.07) is 11.6. The number of halogens is 2. The van der Waals surface area contributed by atoms with Crippen LogP contribution in [0.25, 0.3) is 0 Å². The molecule has 0 aromatic heterocycles. The highest BCUT2D eigenvalue weighted by atomic mass is 35.5. The Labute approximate surface area is 154 Å². The molecule has 2 aromatic carbocycles. The largest absolute Gasteiger partial charge is 0.476 e. The van der Waals surface area contributed by atoms with E-state index in [1.807, 2.05) is 6.07 Å². The van der Waals surface area contributed by atoms with Gasteiger partial charge in [-0.05, 0) is 29.7 Å². The number of hydrogen-bond donors (Lipinski definition) is 1. The van der Waals surface area contributed by atoms with Gasteiger partial charge in [0.1, 0.15) is 5.75 Å². The monoisotopic (exact) mass is 379 g/mol. The summed E-state index contributed by atoms with van der Waals surface area (Å²) >= 11 is 12.5. The number of benzene rings is 2. The van der Waals surface area contributed by atoms with Gasteiger partial charge in [-0.1, -0.05) is 54.1 Å². The minimum absolute atomic E-state index is 0.273. The molecule has 130 valence electrons. The minimum Gasteiger partial charge on any atom is -0.476 e. The van der Waals surface area contributed by atoms with E-state index >= 15 is 0 Å². The van der Waals surface area contributed by atoms with Crippen molar-refractivity contribution in [3.63, 3.8) is 0 Å². The molecule has 0 amide bonds. The summed E-state index contributed by atoms with van der Waals surface area (Å²) in [5.74, 6) is 0.373. The van der Waals surface area contributed by atoms with E-state index in [0.29, 0.717) is 17.7 Å². The molecule has 0 bridgehead atoms. The zero-order valence-electron chi connectivity index (χ0n) is 13.1. The van der Waals surface area contributed by atoms with Gasteiger partial charge < -0.3 is 9.84 Å². The Morgan fingerprint density at radius 3 is 2.60 bits per heavy atom.